The molecule has 2 fully saturated rings. The largest absolute Gasteiger partial charge is 0.493 e. The van der Waals surface area contributed by atoms with E-state index in [0.29, 0.717) is 23.5 Å². The lowest BCUT2D eigenvalue weighted by atomic mass is 9.94. The van der Waals surface area contributed by atoms with Gasteiger partial charge in [0.1, 0.15) is 11.5 Å². The van der Waals surface area contributed by atoms with Crippen LogP contribution in [0.5, 0.6) is 5.88 Å². The highest BCUT2D eigenvalue weighted by Crippen LogP contribution is 2.26. The number of anilines is 1. The van der Waals surface area contributed by atoms with Crippen LogP contribution in [0.4, 0.5) is 5.82 Å². The summed E-state index contributed by atoms with van der Waals surface area (Å²) in [5.41, 5.74) is 0.975. The summed E-state index contributed by atoms with van der Waals surface area (Å²) in [6.45, 7) is 4.90. The van der Waals surface area contributed by atoms with Crippen LogP contribution in [0.2, 0.25) is 0 Å². The van der Waals surface area contributed by atoms with Crippen molar-refractivity contribution in [2.75, 3.05) is 11.9 Å². The first-order valence-corrected chi connectivity index (χ1v) is 10.2. The van der Waals surface area contributed by atoms with Crippen molar-refractivity contribution in [2.24, 2.45) is 4.99 Å². The number of aromatic amines is 2. The molecular weight excluding hydrogens is 386 g/mol. The summed E-state index contributed by atoms with van der Waals surface area (Å²) >= 11 is 0. The van der Waals surface area contributed by atoms with Crippen LogP contribution in [-0.4, -0.2) is 54.0 Å². The van der Waals surface area contributed by atoms with Gasteiger partial charge in [-0.05, 0) is 45.6 Å². The Balaban J connectivity index is 1.60. The van der Waals surface area contributed by atoms with Crippen LogP contribution >= 0.6 is 0 Å². The zero-order valence-electron chi connectivity index (χ0n) is 17.0. The Kier molecular flexibility index (Phi) is 4.39. The van der Waals surface area contributed by atoms with E-state index in [0.717, 1.165) is 37.0 Å². The number of hydrogen-bond donors (Lipinski definition) is 4. The van der Waals surface area contributed by atoms with Crippen molar-refractivity contribution in [3.63, 3.8) is 0 Å². The number of nitrogens with one attached hydrogen (secondary N) is 3. The molecule has 10 nitrogen and oxygen atoms in total. The standard InChI is InChI=1S/C20H25N7O3/c1-20(2)9-13(5-6-30-20)22-15-8-16(23-12-3-4-12)27-17(25-15)11(10-21-27)7-14-18(28)26-19(29)24-14/h7-8,10,12-13,22,28H,3-6,9H2,1-2H3,(H2,24,26,29). The van der Waals surface area contributed by atoms with E-state index in [1.165, 1.54) is 0 Å². The minimum atomic E-state index is -0.475. The number of hydrogen-bond acceptors (Lipinski definition) is 7. The third-order valence-electron chi connectivity index (χ3n) is 5.43. The molecule has 3 aromatic rings. The van der Waals surface area contributed by atoms with Crippen molar-refractivity contribution in [3.05, 3.63) is 39.1 Å². The highest BCUT2D eigenvalue weighted by Gasteiger charge is 2.29. The second kappa shape index (κ2) is 6.98. The smallest absolute Gasteiger partial charge is 0.326 e. The van der Waals surface area contributed by atoms with Gasteiger partial charge in [0, 0.05) is 23.9 Å². The van der Waals surface area contributed by atoms with Gasteiger partial charge >= 0.3 is 5.69 Å². The normalized spacial score (nSPS) is 22.7. The second-order valence-electron chi connectivity index (χ2n) is 8.62. The van der Waals surface area contributed by atoms with Crippen molar-refractivity contribution in [3.8, 4) is 5.88 Å². The van der Waals surface area contributed by atoms with Crippen molar-refractivity contribution in [2.45, 2.75) is 57.2 Å². The highest BCUT2D eigenvalue weighted by molar-refractivity contribution is 5.58. The number of fused-ring (bicyclic) bond motifs is 1. The molecule has 2 aliphatic rings. The number of nitrogens with zero attached hydrogens (tertiary/aromatic N) is 4. The molecule has 1 saturated carbocycles. The van der Waals surface area contributed by atoms with Crippen LogP contribution in [-0.2, 0) is 4.74 Å². The average molecular weight is 411 g/mol. The molecular formula is C20H25N7O3. The van der Waals surface area contributed by atoms with Gasteiger partial charge in [0.15, 0.2) is 11.1 Å². The zero-order valence-corrected chi connectivity index (χ0v) is 17.0. The molecule has 0 aromatic carbocycles. The van der Waals surface area contributed by atoms with E-state index in [1.807, 2.05) is 6.07 Å². The van der Waals surface area contributed by atoms with E-state index in [-0.39, 0.29) is 23.2 Å². The SMILES string of the molecule is CC1(C)CC(Nc2cc(=NC3CC3)n3ncc(=Cc4[nH]c(=O)[nH]c4O)c3n2)CCO1. The van der Waals surface area contributed by atoms with Crippen LogP contribution < -0.4 is 21.7 Å². The molecule has 5 rings (SSSR count). The Morgan fingerprint density at radius 3 is 2.90 bits per heavy atom. The van der Waals surface area contributed by atoms with Gasteiger partial charge in [-0.2, -0.15) is 9.61 Å². The highest BCUT2D eigenvalue weighted by atomic mass is 16.5. The Morgan fingerprint density at radius 2 is 2.20 bits per heavy atom. The first-order valence-electron chi connectivity index (χ1n) is 10.2. The van der Waals surface area contributed by atoms with Gasteiger partial charge in [0.05, 0.1) is 17.8 Å². The molecule has 30 heavy (non-hydrogen) atoms. The van der Waals surface area contributed by atoms with E-state index in [1.54, 1.807) is 16.8 Å². The van der Waals surface area contributed by atoms with Gasteiger partial charge in [-0.25, -0.2) is 9.78 Å². The predicted molar refractivity (Wildman–Crippen MR) is 110 cm³/mol. The van der Waals surface area contributed by atoms with Crippen molar-refractivity contribution in [1.29, 1.82) is 0 Å². The number of aromatic nitrogens is 5. The predicted octanol–water partition coefficient (Wildman–Crippen LogP) is 0.432. The third kappa shape index (κ3) is 3.82. The molecule has 0 spiro atoms. The summed E-state index contributed by atoms with van der Waals surface area (Å²) in [6.07, 6.45) is 7.25. The molecule has 3 aromatic heterocycles. The van der Waals surface area contributed by atoms with E-state index in [2.05, 4.69) is 34.2 Å². The van der Waals surface area contributed by atoms with Crippen molar-refractivity contribution >= 4 is 17.5 Å². The molecule has 1 aliphatic heterocycles. The lowest BCUT2D eigenvalue weighted by Crippen LogP contribution is -2.40. The number of H-pyrrole nitrogens is 2. The van der Waals surface area contributed by atoms with Crippen molar-refractivity contribution in [1.82, 2.24) is 24.6 Å². The van der Waals surface area contributed by atoms with E-state index in [9.17, 15) is 9.90 Å². The molecule has 1 unspecified atom stereocenters. The minimum absolute atomic E-state index is 0.172. The topological polar surface area (TPSA) is 133 Å². The summed E-state index contributed by atoms with van der Waals surface area (Å²) in [5.74, 6) is 0.507. The van der Waals surface area contributed by atoms with Gasteiger partial charge in [0.25, 0.3) is 0 Å². The fraction of sp³-hybridized carbons (Fsp3) is 0.500. The molecule has 0 amide bonds. The average Bonchev–Trinajstić information content (AvgIpc) is 3.30. The van der Waals surface area contributed by atoms with E-state index >= 15 is 0 Å². The van der Waals surface area contributed by atoms with Crippen LogP contribution in [0.3, 0.4) is 0 Å². The number of aromatic hydroxyl groups is 1. The van der Waals surface area contributed by atoms with E-state index < -0.39 is 5.69 Å². The molecule has 158 valence electrons. The number of ether oxygens (including phenoxy) is 1. The first-order chi connectivity index (χ1) is 14.4. The molecule has 1 aliphatic carbocycles. The Labute approximate surface area is 171 Å². The molecule has 1 saturated heterocycles. The number of imidazole rings is 1. The Morgan fingerprint density at radius 1 is 1.37 bits per heavy atom. The summed E-state index contributed by atoms with van der Waals surface area (Å²) in [4.78, 5) is 25.9. The maximum absolute atomic E-state index is 11.5. The molecule has 1 atom stereocenters. The van der Waals surface area contributed by atoms with Crippen LogP contribution in [0.25, 0.3) is 11.7 Å². The Hall–Kier alpha value is -3.14. The third-order valence-corrected chi connectivity index (χ3v) is 5.43. The second-order valence-corrected chi connectivity index (χ2v) is 8.62. The minimum Gasteiger partial charge on any atom is -0.493 e. The fourth-order valence-electron chi connectivity index (χ4n) is 3.83. The van der Waals surface area contributed by atoms with Gasteiger partial charge in [-0.15, -0.1) is 0 Å². The maximum atomic E-state index is 11.5. The van der Waals surface area contributed by atoms with Crippen LogP contribution in [0.1, 0.15) is 45.2 Å². The Bertz CT molecular complexity index is 1270. The lowest BCUT2D eigenvalue weighted by molar-refractivity contribution is -0.0553. The summed E-state index contributed by atoms with van der Waals surface area (Å²) < 4.78 is 7.52. The van der Waals surface area contributed by atoms with Gasteiger partial charge in [0.2, 0.25) is 5.88 Å². The van der Waals surface area contributed by atoms with Gasteiger partial charge in [-0.1, -0.05) is 0 Å². The maximum Gasteiger partial charge on any atom is 0.326 e. The van der Waals surface area contributed by atoms with Gasteiger partial charge < -0.3 is 20.1 Å². The molecule has 0 bridgehead atoms. The summed E-state index contributed by atoms with van der Waals surface area (Å²) in [6, 6.07) is 2.50. The molecule has 4 heterocycles. The number of rotatable bonds is 4. The first kappa shape index (κ1) is 18.9. The quantitative estimate of drug-likeness (QED) is 0.492. The molecule has 10 heteroatoms. The van der Waals surface area contributed by atoms with Crippen LogP contribution in [0.15, 0.2) is 22.1 Å². The van der Waals surface area contributed by atoms with Crippen molar-refractivity contribution < 1.29 is 9.84 Å². The molecule has 0 radical (unpaired) electrons. The lowest BCUT2D eigenvalue weighted by Gasteiger charge is -2.36. The monoisotopic (exact) mass is 411 g/mol. The van der Waals surface area contributed by atoms with Crippen LogP contribution in [0, 0.1) is 0 Å². The zero-order chi connectivity index (χ0) is 20.9. The van der Waals surface area contributed by atoms with Gasteiger partial charge in [-0.3, -0.25) is 9.98 Å². The summed E-state index contributed by atoms with van der Waals surface area (Å²) in [5, 5.41) is 18.5. The molecule has 4 N–H and O–H groups in total. The fourth-order valence-corrected chi connectivity index (χ4v) is 3.83. The van der Waals surface area contributed by atoms with E-state index in [4.69, 9.17) is 14.7 Å². The summed E-state index contributed by atoms with van der Waals surface area (Å²) in [7, 11) is 0.